The molecule has 6 heteroatoms. The Hall–Kier alpha value is -1.92. The maximum Gasteiger partial charge on any atom is 0.265 e. The van der Waals surface area contributed by atoms with Crippen molar-refractivity contribution < 1.29 is 9.59 Å². The van der Waals surface area contributed by atoms with E-state index in [0.29, 0.717) is 18.5 Å². The highest BCUT2D eigenvalue weighted by Gasteiger charge is 2.21. The third kappa shape index (κ3) is 4.09. The number of hydrogen-bond acceptors (Lipinski definition) is 4. The van der Waals surface area contributed by atoms with Gasteiger partial charge in [-0.2, -0.15) is 0 Å². The van der Waals surface area contributed by atoms with Crippen LogP contribution in [0, 0.1) is 0 Å². The number of hydrazine groups is 1. The highest BCUT2D eigenvalue weighted by molar-refractivity contribution is 5.94. The highest BCUT2D eigenvalue weighted by atomic mass is 16.2. The van der Waals surface area contributed by atoms with Crippen LogP contribution in [0.4, 0.5) is 0 Å². The van der Waals surface area contributed by atoms with Gasteiger partial charge in [-0.05, 0) is 31.2 Å². The van der Waals surface area contributed by atoms with Crippen molar-refractivity contribution in [3.63, 3.8) is 0 Å². The summed E-state index contributed by atoms with van der Waals surface area (Å²) in [6, 6.07) is 7.56. The van der Waals surface area contributed by atoms with Crippen LogP contribution < -0.4 is 5.43 Å². The number of amides is 2. The lowest BCUT2D eigenvalue weighted by atomic mass is 10.1. The van der Waals surface area contributed by atoms with Crippen LogP contribution in [-0.2, 0) is 11.3 Å². The lowest BCUT2D eigenvalue weighted by Gasteiger charge is -2.32. The fraction of sp³-hybridized carbons (Fsp3) is 0.529. The smallest absolute Gasteiger partial charge is 0.265 e. The Labute approximate surface area is 137 Å². The van der Waals surface area contributed by atoms with Gasteiger partial charge in [-0.3, -0.25) is 15.0 Å². The Morgan fingerprint density at radius 1 is 1.17 bits per heavy atom. The molecule has 124 valence electrons. The molecule has 0 unspecified atom stereocenters. The molecule has 23 heavy (non-hydrogen) atoms. The van der Waals surface area contributed by atoms with Gasteiger partial charge in [-0.25, -0.2) is 5.01 Å². The number of carbonyl (C=O) groups is 2. The van der Waals surface area contributed by atoms with Crippen LogP contribution in [-0.4, -0.2) is 66.4 Å². The first-order valence-electron chi connectivity index (χ1n) is 8.23. The number of nitrogens with one attached hydrogen (secondary N) is 1. The molecule has 2 amide bonds. The van der Waals surface area contributed by atoms with Crippen LogP contribution in [0.5, 0.6) is 0 Å². The number of piperazine rings is 1. The van der Waals surface area contributed by atoms with Crippen molar-refractivity contribution in [3.8, 4) is 0 Å². The number of carbonyl (C=O) groups excluding carboxylic acids is 2. The van der Waals surface area contributed by atoms with Crippen LogP contribution in [0.1, 0.15) is 28.8 Å². The maximum absolute atomic E-state index is 12.4. The van der Waals surface area contributed by atoms with Gasteiger partial charge in [-0.15, -0.1) is 0 Å². The minimum absolute atomic E-state index is 0.0795. The van der Waals surface area contributed by atoms with Crippen LogP contribution >= 0.6 is 0 Å². The number of likely N-dealkylation sites (N-methyl/N-ethyl adjacent to an activating group) is 1. The molecule has 1 aromatic carbocycles. The lowest BCUT2D eigenvalue weighted by Crippen LogP contribution is -2.52. The topological polar surface area (TPSA) is 55.9 Å². The van der Waals surface area contributed by atoms with E-state index >= 15 is 0 Å². The van der Waals surface area contributed by atoms with Gasteiger partial charge in [0.05, 0.1) is 0 Å². The average molecular weight is 316 g/mol. The number of benzene rings is 1. The Kier molecular flexibility index (Phi) is 4.93. The molecule has 3 rings (SSSR count). The summed E-state index contributed by atoms with van der Waals surface area (Å²) < 4.78 is 0. The predicted molar refractivity (Wildman–Crippen MR) is 87.6 cm³/mol. The van der Waals surface area contributed by atoms with Crippen molar-refractivity contribution in [3.05, 3.63) is 35.4 Å². The molecule has 2 heterocycles. The van der Waals surface area contributed by atoms with Crippen molar-refractivity contribution in [2.24, 2.45) is 0 Å². The van der Waals surface area contributed by atoms with E-state index in [2.05, 4.69) is 17.4 Å². The van der Waals surface area contributed by atoms with Crippen molar-refractivity contribution in [2.45, 2.75) is 19.4 Å². The van der Waals surface area contributed by atoms with Gasteiger partial charge in [0.2, 0.25) is 5.91 Å². The summed E-state index contributed by atoms with van der Waals surface area (Å²) in [6.07, 6.45) is 1.58. The molecule has 1 aromatic rings. The molecule has 0 saturated carbocycles. The largest absolute Gasteiger partial charge is 0.338 e. The van der Waals surface area contributed by atoms with Gasteiger partial charge >= 0.3 is 0 Å². The number of hydrogen-bond donors (Lipinski definition) is 1. The van der Waals surface area contributed by atoms with E-state index in [1.165, 1.54) is 0 Å². The summed E-state index contributed by atoms with van der Waals surface area (Å²) in [5.74, 6) is 0.126. The molecular weight excluding hydrogens is 292 g/mol. The fourth-order valence-corrected chi connectivity index (χ4v) is 3.03. The first-order chi connectivity index (χ1) is 11.1. The predicted octanol–water partition coefficient (Wildman–Crippen LogP) is 0.701. The molecule has 2 aliphatic rings. The van der Waals surface area contributed by atoms with Crippen molar-refractivity contribution >= 4 is 11.8 Å². The summed E-state index contributed by atoms with van der Waals surface area (Å²) in [6.45, 7) is 4.99. The van der Waals surface area contributed by atoms with Gasteiger partial charge in [-0.1, -0.05) is 12.1 Å². The van der Waals surface area contributed by atoms with E-state index in [0.717, 1.165) is 44.7 Å². The van der Waals surface area contributed by atoms with E-state index in [1.807, 2.05) is 34.2 Å². The summed E-state index contributed by atoms with van der Waals surface area (Å²) in [5, 5.41) is 1.97. The molecule has 6 nitrogen and oxygen atoms in total. The van der Waals surface area contributed by atoms with Gasteiger partial charge in [0.15, 0.2) is 0 Å². The Bertz CT molecular complexity index is 582. The van der Waals surface area contributed by atoms with Gasteiger partial charge < -0.3 is 9.80 Å². The molecule has 0 aromatic heterocycles. The van der Waals surface area contributed by atoms with Crippen LogP contribution in [0.2, 0.25) is 0 Å². The standard InChI is InChI=1S/C17H24N4O2/c1-19-8-10-21(11-9-19)18-17(23)15-5-2-4-14(12-15)13-20-7-3-6-16(20)22/h2,4-5,12H,3,6-11,13H2,1H3,(H,18,23). The average Bonchev–Trinajstić information content (AvgIpc) is 2.95. The second kappa shape index (κ2) is 7.10. The van der Waals surface area contributed by atoms with E-state index in [-0.39, 0.29) is 11.8 Å². The molecule has 0 spiro atoms. The zero-order chi connectivity index (χ0) is 16.2. The van der Waals surface area contributed by atoms with E-state index in [9.17, 15) is 9.59 Å². The fourth-order valence-electron chi connectivity index (χ4n) is 3.03. The van der Waals surface area contributed by atoms with Crippen LogP contribution in [0.25, 0.3) is 0 Å². The first-order valence-corrected chi connectivity index (χ1v) is 8.23. The van der Waals surface area contributed by atoms with Crippen molar-refractivity contribution in [2.75, 3.05) is 39.8 Å². The normalized spacial score (nSPS) is 20.0. The van der Waals surface area contributed by atoms with Gasteiger partial charge in [0.1, 0.15) is 0 Å². The molecule has 2 fully saturated rings. The Morgan fingerprint density at radius 2 is 1.96 bits per heavy atom. The molecule has 0 aliphatic carbocycles. The summed E-state index contributed by atoms with van der Waals surface area (Å²) in [5.41, 5.74) is 4.62. The molecule has 1 N–H and O–H groups in total. The minimum Gasteiger partial charge on any atom is -0.338 e. The number of rotatable bonds is 4. The zero-order valence-electron chi connectivity index (χ0n) is 13.6. The third-order valence-corrected chi connectivity index (χ3v) is 4.50. The SMILES string of the molecule is CN1CCN(NC(=O)c2cccc(CN3CCCC3=O)c2)CC1. The van der Waals surface area contributed by atoms with E-state index in [1.54, 1.807) is 0 Å². The monoisotopic (exact) mass is 316 g/mol. The number of likely N-dealkylation sites (tertiary alicyclic amines) is 1. The van der Waals surface area contributed by atoms with E-state index < -0.39 is 0 Å². The molecular formula is C17H24N4O2. The van der Waals surface area contributed by atoms with Gasteiger partial charge in [0, 0.05) is 51.3 Å². The third-order valence-electron chi connectivity index (χ3n) is 4.50. The molecule has 0 atom stereocenters. The molecule has 2 saturated heterocycles. The lowest BCUT2D eigenvalue weighted by molar-refractivity contribution is -0.128. The second-order valence-electron chi connectivity index (χ2n) is 6.35. The van der Waals surface area contributed by atoms with Gasteiger partial charge in [0.25, 0.3) is 5.91 Å². The van der Waals surface area contributed by atoms with Crippen LogP contribution in [0.15, 0.2) is 24.3 Å². The van der Waals surface area contributed by atoms with Crippen LogP contribution in [0.3, 0.4) is 0 Å². The minimum atomic E-state index is -0.0795. The Balaban J connectivity index is 1.60. The molecule has 0 bridgehead atoms. The van der Waals surface area contributed by atoms with Crippen molar-refractivity contribution in [1.82, 2.24) is 20.2 Å². The first kappa shape index (κ1) is 16.0. The number of nitrogens with zero attached hydrogens (tertiary/aromatic N) is 3. The summed E-state index contributed by atoms with van der Waals surface area (Å²) in [7, 11) is 2.09. The zero-order valence-corrected chi connectivity index (χ0v) is 13.6. The molecule has 2 aliphatic heterocycles. The highest BCUT2D eigenvalue weighted by Crippen LogP contribution is 2.15. The maximum atomic E-state index is 12.4. The summed E-state index contributed by atoms with van der Waals surface area (Å²) in [4.78, 5) is 28.2. The second-order valence-corrected chi connectivity index (χ2v) is 6.35. The van der Waals surface area contributed by atoms with E-state index in [4.69, 9.17) is 0 Å². The van der Waals surface area contributed by atoms with Crippen molar-refractivity contribution in [1.29, 1.82) is 0 Å². The molecule has 0 radical (unpaired) electrons. The Morgan fingerprint density at radius 3 is 2.65 bits per heavy atom. The quantitative estimate of drug-likeness (QED) is 0.888. The summed E-state index contributed by atoms with van der Waals surface area (Å²) >= 11 is 0.